The normalized spacial score (nSPS) is 26.9. The smallest absolute Gasteiger partial charge is 0.337 e. The number of anilines is 1. The van der Waals surface area contributed by atoms with Crippen molar-refractivity contribution in [3.05, 3.63) is 23.8 Å². The number of rotatable bonds is 3. The first-order chi connectivity index (χ1) is 8.95. The van der Waals surface area contributed by atoms with E-state index < -0.39 is 5.97 Å². The SMILES string of the molecule is CC1CC(Oc2ccc(N)c(C(=O)O)c2)CC(C)O1. The summed E-state index contributed by atoms with van der Waals surface area (Å²) in [5.74, 6) is -0.505. The van der Waals surface area contributed by atoms with Gasteiger partial charge in [0.15, 0.2) is 0 Å². The quantitative estimate of drug-likeness (QED) is 0.819. The highest BCUT2D eigenvalue weighted by Crippen LogP contribution is 2.26. The molecule has 3 N–H and O–H groups in total. The zero-order valence-electron chi connectivity index (χ0n) is 11.1. The lowest BCUT2D eigenvalue weighted by Crippen LogP contribution is -2.35. The van der Waals surface area contributed by atoms with E-state index in [1.807, 2.05) is 13.8 Å². The molecule has 19 heavy (non-hydrogen) atoms. The van der Waals surface area contributed by atoms with Crippen molar-refractivity contribution in [1.82, 2.24) is 0 Å². The number of carboxylic acid groups (broad SMARTS) is 1. The van der Waals surface area contributed by atoms with Crippen molar-refractivity contribution in [2.45, 2.75) is 45.0 Å². The third kappa shape index (κ3) is 3.38. The lowest BCUT2D eigenvalue weighted by molar-refractivity contribution is -0.0721. The van der Waals surface area contributed by atoms with Gasteiger partial charge < -0.3 is 20.3 Å². The zero-order chi connectivity index (χ0) is 14.0. The van der Waals surface area contributed by atoms with E-state index in [9.17, 15) is 4.79 Å². The maximum absolute atomic E-state index is 11.0. The number of hydrogen-bond acceptors (Lipinski definition) is 4. The van der Waals surface area contributed by atoms with Gasteiger partial charge in [0.1, 0.15) is 11.9 Å². The number of benzene rings is 1. The summed E-state index contributed by atoms with van der Waals surface area (Å²) >= 11 is 0. The van der Waals surface area contributed by atoms with E-state index in [2.05, 4.69) is 0 Å². The first kappa shape index (κ1) is 13.7. The molecule has 0 aliphatic carbocycles. The summed E-state index contributed by atoms with van der Waals surface area (Å²) in [7, 11) is 0. The second kappa shape index (κ2) is 5.48. The number of hydrogen-bond donors (Lipinski definition) is 2. The zero-order valence-corrected chi connectivity index (χ0v) is 11.1. The third-order valence-corrected chi connectivity index (χ3v) is 3.21. The van der Waals surface area contributed by atoms with E-state index in [0.717, 1.165) is 12.8 Å². The van der Waals surface area contributed by atoms with Crippen LogP contribution < -0.4 is 10.5 Å². The van der Waals surface area contributed by atoms with Crippen LogP contribution in [0, 0.1) is 0 Å². The summed E-state index contributed by atoms with van der Waals surface area (Å²) in [6.45, 7) is 4.02. The fraction of sp³-hybridized carbons (Fsp3) is 0.500. The molecule has 2 rings (SSSR count). The van der Waals surface area contributed by atoms with Gasteiger partial charge in [-0.15, -0.1) is 0 Å². The number of nitrogens with two attached hydrogens (primary N) is 1. The van der Waals surface area contributed by atoms with Gasteiger partial charge in [-0.3, -0.25) is 0 Å². The first-order valence-electron chi connectivity index (χ1n) is 6.40. The Hall–Kier alpha value is -1.75. The molecule has 2 unspecified atom stereocenters. The van der Waals surface area contributed by atoms with E-state index in [1.165, 1.54) is 6.07 Å². The number of ether oxygens (including phenoxy) is 2. The summed E-state index contributed by atoms with van der Waals surface area (Å²) in [4.78, 5) is 11.0. The van der Waals surface area contributed by atoms with Crippen molar-refractivity contribution in [1.29, 1.82) is 0 Å². The number of aromatic carboxylic acids is 1. The van der Waals surface area contributed by atoms with Crippen molar-refractivity contribution in [3.8, 4) is 5.75 Å². The van der Waals surface area contributed by atoms with Crippen LogP contribution in [-0.4, -0.2) is 29.4 Å². The first-order valence-corrected chi connectivity index (χ1v) is 6.40. The molecule has 5 heteroatoms. The minimum absolute atomic E-state index is 0.0454. The van der Waals surface area contributed by atoms with Gasteiger partial charge in [-0.2, -0.15) is 0 Å². The Morgan fingerprint density at radius 1 is 1.37 bits per heavy atom. The molecule has 0 saturated carbocycles. The molecule has 0 spiro atoms. The van der Waals surface area contributed by atoms with Crippen LogP contribution in [0.25, 0.3) is 0 Å². The summed E-state index contributed by atoms with van der Waals surface area (Å²) < 4.78 is 11.5. The summed E-state index contributed by atoms with van der Waals surface area (Å²) in [5, 5.41) is 9.02. The molecular weight excluding hydrogens is 246 g/mol. The van der Waals surface area contributed by atoms with Crippen LogP contribution in [-0.2, 0) is 4.74 Å². The van der Waals surface area contributed by atoms with Gasteiger partial charge in [0, 0.05) is 18.5 Å². The maximum atomic E-state index is 11.0. The fourth-order valence-corrected chi connectivity index (χ4v) is 2.43. The average Bonchev–Trinajstić information content (AvgIpc) is 2.30. The second-order valence-corrected chi connectivity index (χ2v) is 5.02. The molecule has 1 aliphatic rings. The molecule has 0 aromatic heterocycles. The molecule has 2 atom stereocenters. The highest BCUT2D eigenvalue weighted by molar-refractivity contribution is 5.94. The van der Waals surface area contributed by atoms with Gasteiger partial charge in [-0.1, -0.05) is 0 Å². The van der Waals surface area contributed by atoms with Gasteiger partial charge in [-0.05, 0) is 32.0 Å². The molecular formula is C14H19NO4. The molecule has 1 heterocycles. The molecule has 5 nitrogen and oxygen atoms in total. The Labute approximate surface area is 112 Å². The van der Waals surface area contributed by atoms with Gasteiger partial charge in [-0.25, -0.2) is 4.79 Å². The maximum Gasteiger partial charge on any atom is 0.337 e. The van der Waals surface area contributed by atoms with Crippen molar-refractivity contribution < 1.29 is 19.4 Å². The topological polar surface area (TPSA) is 81.8 Å². The largest absolute Gasteiger partial charge is 0.490 e. The van der Waals surface area contributed by atoms with Crippen LogP contribution in [0.5, 0.6) is 5.75 Å². The highest BCUT2D eigenvalue weighted by atomic mass is 16.5. The molecule has 1 aromatic carbocycles. The molecule has 0 amide bonds. The fourth-order valence-electron chi connectivity index (χ4n) is 2.43. The predicted octanol–water partition coefficient (Wildman–Crippen LogP) is 2.30. The van der Waals surface area contributed by atoms with E-state index in [0.29, 0.717) is 5.75 Å². The summed E-state index contributed by atoms with van der Waals surface area (Å²) in [5.41, 5.74) is 5.93. The van der Waals surface area contributed by atoms with E-state index in [1.54, 1.807) is 12.1 Å². The monoisotopic (exact) mass is 265 g/mol. The molecule has 1 fully saturated rings. The molecule has 0 radical (unpaired) electrons. The van der Waals surface area contributed by atoms with E-state index in [-0.39, 0.29) is 29.6 Å². The Kier molecular flexibility index (Phi) is 3.95. The molecule has 0 bridgehead atoms. The average molecular weight is 265 g/mol. The van der Waals surface area contributed by atoms with Crippen molar-refractivity contribution >= 4 is 11.7 Å². The Morgan fingerprint density at radius 2 is 2.00 bits per heavy atom. The minimum Gasteiger partial charge on any atom is -0.490 e. The van der Waals surface area contributed by atoms with Crippen molar-refractivity contribution in [3.63, 3.8) is 0 Å². The number of carboxylic acids is 1. The standard InChI is InChI=1S/C14H19NO4/c1-8-5-11(6-9(2)18-8)19-10-3-4-13(15)12(7-10)14(16)17/h3-4,7-9,11H,5-6,15H2,1-2H3,(H,16,17). The lowest BCUT2D eigenvalue weighted by Gasteiger charge is -2.32. The van der Waals surface area contributed by atoms with Crippen LogP contribution >= 0.6 is 0 Å². The third-order valence-electron chi connectivity index (χ3n) is 3.21. The van der Waals surface area contributed by atoms with Crippen LogP contribution in [0.3, 0.4) is 0 Å². The van der Waals surface area contributed by atoms with E-state index >= 15 is 0 Å². The summed E-state index contributed by atoms with van der Waals surface area (Å²) in [6.07, 6.45) is 1.96. The Balaban J connectivity index is 2.10. The van der Waals surface area contributed by atoms with Gasteiger partial charge in [0.2, 0.25) is 0 Å². The highest BCUT2D eigenvalue weighted by Gasteiger charge is 2.26. The van der Waals surface area contributed by atoms with Crippen LogP contribution in [0.4, 0.5) is 5.69 Å². The minimum atomic E-state index is -1.04. The second-order valence-electron chi connectivity index (χ2n) is 5.02. The molecule has 104 valence electrons. The molecule has 1 aliphatic heterocycles. The van der Waals surface area contributed by atoms with Gasteiger partial charge in [0.25, 0.3) is 0 Å². The van der Waals surface area contributed by atoms with Gasteiger partial charge in [0.05, 0.1) is 17.8 Å². The Bertz CT molecular complexity index is 465. The number of carbonyl (C=O) groups is 1. The summed E-state index contributed by atoms with van der Waals surface area (Å²) in [6, 6.07) is 4.74. The lowest BCUT2D eigenvalue weighted by atomic mass is 10.0. The molecule has 1 saturated heterocycles. The van der Waals surface area contributed by atoms with Crippen LogP contribution in [0.15, 0.2) is 18.2 Å². The van der Waals surface area contributed by atoms with Crippen molar-refractivity contribution in [2.75, 3.05) is 5.73 Å². The van der Waals surface area contributed by atoms with Crippen molar-refractivity contribution in [2.24, 2.45) is 0 Å². The van der Waals surface area contributed by atoms with E-state index in [4.69, 9.17) is 20.3 Å². The van der Waals surface area contributed by atoms with Crippen LogP contribution in [0.1, 0.15) is 37.0 Å². The molecule has 1 aromatic rings. The Morgan fingerprint density at radius 3 is 2.58 bits per heavy atom. The van der Waals surface area contributed by atoms with Crippen LogP contribution in [0.2, 0.25) is 0 Å². The predicted molar refractivity (Wildman–Crippen MR) is 71.5 cm³/mol. The number of nitrogen functional groups attached to an aromatic ring is 1. The van der Waals surface area contributed by atoms with Gasteiger partial charge >= 0.3 is 5.97 Å².